The zero-order valence-corrected chi connectivity index (χ0v) is 15.4. The Kier molecular flexibility index (Phi) is 5.26. The second-order valence-corrected chi connectivity index (χ2v) is 8.70. The summed E-state index contributed by atoms with van der Waals surface area (Å²) in [5.74, 6) is -0.0697. The van der Waals surface area contributed by atoms with Gasteiger partial charge in [-0.25, -0.2) is 22.7 Å². The molecule has 3 rings (SSSR count). The first-order chi connectivity index (χ1) is 12.6. The Bertz CT molecular complexity index is 817. The van der Waals surface area contributed by atoms with Crippen LogP contribution in [0.4, 0.5) is 13.2 Å². The van der Waals surface area contributed by atoms with Crippen molar-refractivity contribution in [1.29, 1.82) is 0 Å². The van der Waals surface area contributed by atoms with E-state index >= 15 is 0 Å². The summed E-state index contributed by atoms with van der Waals surface area (Å²) in [6.07, 6.45) is -0.327. The molecule has 1 aromatic rings. The van der Waals surface area contributed by atoms with Gasteiger partial charge in [0.05, 0.1) is 11.3 Å². The Morgan fingerprint density at radius 3 is 2.52 bits per heavy atom. The van der Waals surface area contributed by atoms with Crippen molar-refractivity contribution in [3.05, 3.63) is 23.9 Å². The highest BCUT2D eigenvalue weighted by Crippen LogP contribution is 2.29. The van der Waals surface area contributed by atoms with Crippen LogP contribution in [0.15, 0.2) is 28.3 Å². The highest BCUT2D eigenvalue weighted by molar-refractivity contribution is 7.89. The van der Waals surface area contributed by atoms with Gasteiger partial charge in [-0.05, 0) is 25.8 Å². The van der Waals surface area contributed by atoms with Crippen LogP contribution in [-0.2, 0) is 16.2 Å². The zero-order valence-electron chi connectivity index (χ0n) is 14.6. The van der Waals surface area contributed by atoms with E-state index in [4.69, 9.17) is 4.74 Å². The van der Waals surface area contributed by atoms with E-state index in [1.54, 1.807) is 6.92 Å². The van der Waals surface area contributed by atoms with Crippen LogP contribution in [0.2, 0.25) is 0 Å². The maximum atomic E-state index is 12.6. The number of hydrogen-bond donors (Lipinski definition) is 0. The number of alkyl halides is 3. The average Bonchev–Trinajstić information content (AvgIpc) is 3.00. The second kappa shape index (κ2) is 7.19. The van der Waals surface area contributed by atoms with E-state index in [9.17, 15) is 21.6 Å². The van der Waals surface area contributed by atoms with Crippen molar-refractivity contribution in [1.82, 2.24) is 9.29 Å². The number of aliphatic imine (C=N–C) groups is 2. The summed E-state index contributed by atoms with van der Waals surface area (Å²) < 4.78 is 69.8. The van der Waals surface area contributed by atoms with Gasteiger partial charge in [0.2, 0.25) is 15.9 Å². The lowest BCUT2D eigenvalue weighted by Crippen LogP contribution is -2.46. The molecule has 1 saturated heterocycles. The van der Waals surface area contributed by atoms with Gasteiger partial charge in [0.25, 0.3) is 0 Å². The summed E-state index contributed by atoms with van der Waals surface area (Å²) >= 11 is 0. The second-order valence-electron chi connectivity index (χ2n) is 6.74. The minimum absolute atomic E-state index is 0.0910. The number of halogens is 3. The molecule has 0 spiro atoms. The van der Waals surface area contributed by atoms with Crippen LogP contribution >= 0.6 is 0 Å². The third-order valence-electron chi connectivity index (χ3n) is 4.39. The maximum Gasteiger partial charge on any atom is 0.417 e. The first-order valence-electron chi connectivity index (χ1n) is 8.33. The summed E-state index contributed by atoms with van der Waals surface area (Å²) in [7, 11) is -3.51. The summed E-state index contributed by atoms with van der Waals surface area (Å²) in [5, 5.41) is 0. The van der Waals surface area contributed by atoms with E-state index in [1.807, 2.05) is 0 Å². The highest BCUT2D eigenvalue weighted by atomic mass is 32.2. The lowest BCUT2D eigenvalue weighted by Gasteiger charge is -2.32. The molecule has 0 amide bonds. The van der Waals surface area contributed by atoms with Crippen LogP contribution in [-0.4, -0.2) is 60.7 Å². The number of rotatable bonds is 5. The first-order valence-corrected chi connectivity index (χ1v) is 9.94. The number of piperidine rings is 1. The van der Waals surface area contributed by atoms with Crippen molar-refractivity contribution in [2.24, 2.45) is 9.98 Å². The molecule has 27 heavy (non-hydrogen) atoms. The Balaban J connectivity index is 1.54. The van der Waals surface area contributed by atoms with E-state index in [1.165, 1.54) is 22.9 Å². The first kappa shape index (κ1) is 19.7. The van der Waals surface area contributed by atoms with Crippen molar-refractivity contribution in [3.8, 4) is 5.88 Å². The van der Waals surface area contributed by atoms with Crippen LogP contribution in [0, 0.1) is 0 Å². The monoisotopic (exact) mass is 404 g/mol. The Labute approximate surface area is 155 Å². The largest absolute Gasteiger partial charge is 0.474 e. The average molecular weight is 404 g/mol. The molecule has 148 valence electrons. The van der Waals surface area contributed by atoms with Gasteiger partial charge in [0.15, 0.2) is 0 Å². The van der Waals surface area contributed by atoms with Crippen molar-refractivity contribution < 1.29 is 26.3 Å². The molecule has 0 N–H and O–H groups in total. The van der Waals surface area contributed by atoms with Gasteiger partial charge in [0.1, 0.15) is 18.0 Å². The van der Waals surface area contributed by atoms with Gasteiger partial charge >= 0.3 is 6.18 Å². The van der Waals surface area contributed by atoms with Crippen LogP contribution < -0.4 is 4.74 Å². The fourth-order valence-electron chi connectivity index (χ4n) is 2.94. The summed E-state index contributed by atoms with van der Waals surface area (Å²) in [6, 6.07) is 2.08. The van der Waals surface area contributed by atoms with Crippen LogP contribution in [0.5, 0.6) is 5.88 Å². The Morgan fingerprint density at radius 1 is 1.30 bits per heavy atom. The van der Waals surface area contributed by atoms with Crippen molar-refractivity contribution >= 4 is 22.6 Å². The number of ether oxygens (including phenoxy) is 1. The molecule has 1 fully saturated rings. The SMILES string of the molecule is C[C@@]1(CS(=O)(=O)N2CCC(Oc3ccc(C(F)(F)F)cn3)CC2)C=NC=N1. The molecular formula is C16H19F3N4O3S. The van der Waals surface area contributed by atoms with E-state index in [0.717, 1.165) is 12.3 Å². The Hall–Kier alpha value is -2.01. The third kappa shape index (κ3) is 4.83. The number of sulfonamides is 1. The maximum absolute atomic E-state index is 12.6. The molecule has 2 aliphatic heterocycles. The molecule has 0 bridgehead atoms. The lowest BCUT2D eigenvalue weighted by molar-refractivity contribution is -0.137. The molecular weight excluding hydrogens is 385 g/mol. The molecule has 11 heteroatoms. The lowest BCUT2D eigenvalue weighted by atomic mass is 10.1. The van der Waals surface area contributed by atoms with E-state index in [-0.39, 0.29) is 30.8 Å². The fraction of sp³-hybridized carbons (Fsp3) is 0.562. The van der Waals surface area contributed by atoms with E-state index in [2.05, 4.69) is 15.0 Å². The van der Waals surface area contributed by atoms with Crippen molar-refractivity contribution in [2.45, 2.75) is 37.6 Å². The Morgan fingerprint density at radius 2 is 2.00 bits per heavy atom. The summed E-state index contributed by atoms with van der Waals surface area (Å²) in [4.78, 5) is 11.6. The fourth-order valence-corrected chi connectivity index (χ4v) is 4.78. The minimum atomic E-state index is -4.45. The topological polar surface area (TPSA) is 84.2 Å². The number of hydrogen-bond acceptors (Lipinski definition) is 6. The normalized spacial score (nSPS) is 24.4. The standard InChI is InChI=1S/C16H19F3N4O3S/c1-15(9-20-11-22-15)10-27(24,25)23-6-4-13(5-7-23)26-14-3-2-12(8-21-14)16(17,18)19/h2-3,8-9,11,13H,4-7,10H2,1H3/t15-/m0/s1. The van der Waals surface area contributed by atoms with Gasteiger partial charge in [-0.15, -0.1) is 0 Å². The zero-order chi connectivity index (χ0) is 19.7. The molecule has 3 heterocycles. The van der Waals surface area contributed by atoms with Gasteiger partial charge in [-0.3, -0.25) is 4.99 Å². The third-order valence-corrected chi connectivity index (χ3v) is 6.49. The summed E-state index contributed by atoms with van der Waals surface area (Å²) in [5.41, 5.74) is -1.70. The van der Waals surface area contributed by atoms with Gasteiger partial charge in [-0.2, -0.15) is 13.2 Å². The van der Waals surface area contributed by atoms with Crippen LogP contribution in [0.25, 0.3) is 0 Å². The molecule has 1 aromatic heterocycles. The molecule has 2 aliphatic rings. The van der Waals surface area contributed by atoms with Crippen molar-refractivity contribution in [3.63, 3.8) is 0 Å². The minimum Gasteiger partial charge on any atom is -0.474 e. The van der Waals surface area contributed by atoms with E-state index < -0.39 is 27.3 Å². The molecule has 1 atom stereocenters. The van der Waals surface area contributed by atoms with Crippen LogP contribution in [0.1, 0.15) is 25.3 Å². The smallest absolute Gasteiger partial charge is 0.417 e. The van der Waals surface area contributed by atoms with Gasteiger partial charge in [0, 0.05) is 31.6 Å². The van der Waals surface area contributed by atoms with Gasteiger partial charge in [-0.1, -0.05) is 0 Å². The molecule has 0 unspecified atom stereocenters. The number of pyridine rings is 1. The van der Waals surface area contributed by atoms with Crippen molar-refractivity contribution in [2.75, 3.05) is 18.8 Å². The molecule has 0 saturated carbocycles. The quantitative estimate of drug-likeness (QED) is 0.753. The predicted molar refractivity (Wildman–Crippen MR) is 93.6 cm³/mol. The molecule has 7 nitrogen and oxygen atoms in total. The molecule has 0 aliphatic carbocycles. The summed E-state index contributed by atoms with van der Waals surface area (Å²) in [6.45, 7) is 2.23. The number of nitrogens with zero attached hydrogens (tertiary/aromatic N) is 4. The van der Waals surface area contributed by atoms with E-state index in [0.29, 0.717) is 12.8 Å². The predicted octanol–water partition coefficient (Wildman–Crippen LogP) is 2.14. The number of aromatic nitrogens is 1. The molecule has 0 aromatic carbocycles. The van der Waals surface area contributed by atoms with Crippen LogP contribution in [0.3, 0.4) is 0 Å². The molecule has 0 radical (unpaired) electrons. The van der Waals surface area contributed by atoms with Gasteiger partial charge < -0.3 is 4.74 Å². The highest BCUT2D eigenvalue weighted by Gasteiger charge is 2.36.